The predicted octanol–water partition coefficient (Wildman–Crippen LogP) is 2.26. The molecule has 18 heavy (non-hydrogen) atoms. The van der Waals surface area contributed by atoms with Crippen LogP contribution in [0.3, 0.4) is 0 Å². The molecule has 1 amide bonds. The Morgan fingerprint density at radius 3 is 2.83 bits per heavy atom. The monoisotopic (exact) mass is 271 g/mol. The van der Waals surface area contributed by atoms with Gasteiger partial charge < -0.3 is 14.8 Å². The van der Waals surface area contributed by atoms with Gasteiger partial charge in [-0.25, -0.2) is 0 Å². The summed E-state index contributed by atoms with van der Waals surface area (Å²) in [6, 6.07) is 7.08. The Morgan fingerprint density at radius 2 is 2.17 bits per heavy atom. The van der Waals surface area contributed by atoms with E-state index in [1.54, 1.807) is 26.2 Å². The molecule has 1 rings (SSSR count). The van der Waals surface area contributed by atoms with Gasteiger partial charge in [0, 0.05) is 20.3 Å². The van der Waals surface area contributed by atoms with E-state index in [1.807, 2.05) is 12.1 Å². The minimum absolute atomic E-state index is 0.161. The van der Waals surface area contributed by atoms with Gasteiger partial charge in [0.15, 0.2) is 6.10 Å². The molecule has 0 aliphatic heterocycles. The quantitative estimate of drug-likeness (QED) is 0.774. The van der Waals surface area contributed by atoms with Gasteiger partial charge in [0.2, 0.25) is 0 Å². The van der Waals surface area contributed by atoms with Gasteiger partial charge in [0.25, 0.3) is 5.91 Å². The van der Waals surface area contributed by atoms with Crippen LogP contribution in [-0.2, 0) is 9.53 Å². The zero-order valence-electron chi connectivity index (χ0n) is 10.6. The van der Waals surface area contributed by atoms with Crippen LogP contribution in [0, 0.1) is 0 Å². The number of methoxy groups -OCH3 is 1. The molecule has 100 valence electrons. The smallest absolute Gasteiger partial charge is 0.260 e. The van der Waals surface area contributed by atoms with Gasteiger partial charge in [0.05, 0.1) is 5.02 Å². The molecule has 1 N–H and O–H groups in total. The largest absolute Gasteiger partial charge is 0.479 e. The highest BCUT2D eigenvalue weighted by atomic mass is 35.5. The van der Waals surface area contributed by atoms with Crippen molar-refractivity contribution in [3.63, 3.8) is 0 Å². The lowest BCUT2D eigenvalue weighted by molar-refractivity contribution is -0.127. The van der Waals surface area contributed by atoms with Gasteiger partial charge in [-0.15, -0.1) is 0 Å². The number of hydrogen-bond donors (Lipinski definition) is 1. The maximum Gasteiger partial charge on any atom is 0.260 e. The van der Waals surface area contributed by atoms with E-state index in [-0.39, 0.29) is 5.91 Å². The van der Waals surface area contributed by atoms with Gasteiger partial charge in [-0.2, -0.15) is 0 Å². The second-order valence-corrected chi connectivity index (χ2v) is 4.24. The van der Waals surface area contributed by atoms with Crippen molar-refractivity contribution in [2.24, 2.45) is 0 Å². The molecule has 1 atom stereocenters. The van der Waals surface area contributed by atoms with E-state index in [4.69, 9.17) is 21.1 Å². The first-order chi connectivity index (χ1) is 8.65. The van der Waals surface area contributed by atoms with Crippen LogP contribution in [0.5, 0.6) is 5.75 Å². The number of ether oxygens (including phenoxy) is 2. The lowest BCUT2D eigenvalue weighted by Crippen LogP contribution is -2.37. The first kappa shape index (κ1) is 14.8. The first-order valence-electron chi connectivity index (χ1n) is 5.83. The zero-order valence-corrected chi connectivity index (χ0v) is 11.4. The standard InChI is InChI=1S/C13H18ClNO3/c1-10(13(16)15-8-5-9-17-2)18-12-7-4-3-6-11(12)14/h3-4,6-7,10H,5,8-9H2,1-2H3,(H,15,16)/t10-/m1/s1. The minimum Gasteiger partial charge on any atom is -0.479 e. The highest BCUT2D eigenvalue weighted by molar-refractivity contribution is 6.32. The van der Waals surface area contributed by atoms with Crippen molar-refractivity contribution < 1.29 is 14.3 Å². The lowest BCUT2D eigenvalue weighted by Gasteiger charge is -2.15. The third kappa shape index (κ3) is 4.94. The minimum atomic E-state index is -0.576. The number of benzene rings is 1. The van der Waals surface area contributed by atoms with Crippen LogP contribution >= 0.6 is 11.6 Å². The summed E-state index contributed by atoms with van der Waals surface area (Å²) in [7, 11) is 1.63. The molecule has 0 unspecified atom stereocenters. The van der Waals surface area contributed by atoms with Gasteiger partial charge in [-0.3, -0.25) is 4.79 Å². The molecule has 0 spiro atoms. The number of nitrogens with one attached hydrogen (secondary N) is 1. The summed E-state index contributed by atoms with van der Waals surface area (Å²) >= 11 is 5.95. The molecule has 0 aliphatic rings. The summed E-state index contributed by atoms with van der Waals surface area (Å²) in [5, 5.41) is 3.27. The van der Waals surface area contributed by atoms with Crippen molar-refractivity contribution in [1.29, 1.82) is 0 Å². The van der Waals surface area contributed by atoms with Gasteiger partial charge in [0.1, 0.15) is 5.75 Å². The van der Waals surface area contributed by atoms with Crippen LogP contribution in [0.4, 0.5) is 0 Å². The van der Waals surface area contributed by atoms with E-state index < -0.39 is 6.10 Å². The number of rotatable bonds is 7. The number of hydrogen-bond acceptors (Lipinski definition) is 3. The summed E-state index contributed by atoms with van der Waals surface area (Å²) in [5.74, 6) is 0.352. The fourth-order valence-electron chi connectivity index (χ4n) is 1.36. The maximum atomic E-state index is 11.7. The van der Waals surface area contributed by atoms with Crippen LogP contribution < -0.4 is 10.1 Å². The third-order valence-electron chi connectivity index (χ3n) is 2.33. The molecule has 0 saturated carbocycles. The zero-order chi connectivity index (χ0) is 13.4. The Morgan fingerprint density at radius 1 is 1.44 bits per heavy atom. The summed E-state index contributed by atoms with van der Waals surface area (Å²) in [6.45, 7) is 2.89. The van der Waals surface area contributed by atoms with Crippen LogP contribution in [0.15, 0.2) is 24.3 Å². The Bertz CT molecular complexity index is 384. The van der Waals surface area contributed by atoms with Crippen LogP contribution in [0.25, 0.3) is 0 Å². The van der Waals surface area contributed by atoms with E-state index in [0.717, 1.165) is 6.42 Å². The molecule has 0 bridgehead atoms. The second kappa shape index (κ2) is 7.95. The summed E-state index contributed by atoms with van der Waals surface area (Å²) in [5.41, 5.74) is 0. The van der Waals surface area contributed by atoms with E-state index in [1.165, 1.54) is 0 Å². The van der Waals surface area contributed by atoms with E-state index in [0.29, 0.717) is 23.9 Å². The van der Waals surface area contributed by atoms with E-state index in [9.17, 15) is 4.79 Å². The van der Waals surface area contributed by atoms with Crippen molar-refractivity contribution in [1.82, 2.24) is 5.32 Å². The second-order valence-electron chi connectivity index (χ2n) is 3.83. The van der Waals surface area contributed by atoms with Crippen molar-refractivity contribution in [3.8, 4) is 5.75 Å². The van der Waals surface area contributed by atoms with Gasteiger partial charge in [-0.1, -0.05) is 23.7 Å². The molecule has 1 aromatic carbocycles. The summed E-state index contributed by atoms with van der Waals surface area (Å²) in [6.07, 6.45) is 0.202. The van der Waals surface area contributed by atoms with Crippen LogP contribution in [0.2, 0.25) is 5.02 Å². The molecule has 0 heterocycles. The molecule has 0 aliphatic carbocycles. The summed E-state index contributed by atoms with van der Waals surface area (Å²) < 4.78 is 10.4. The maximum absolute atomic E-state index is 11.7. The highest BCUT2D eigenvalue weighted by Gasteiger charge is 2.14. The SMILES string of the molecule is COCCCNC(=O)[C@@H](C)Oc1ccccc1Cl. The average molecular weight is 272 g/mol. The Labute approximate surface area is 112 Å². The van der Waals surface area contributed by atoms with Crippen molar-refractivity contribution in [2.75, 3.05) is 20.3 Å². The third-order valence-corrected chi connectivity index (χ3v) is 2.65. The van der Waals surface area contributed by atoms with E-state index >= 15 is 0 Å². The molecule has 5 heteroatoms. The Balaban J connectivity index is 2.38. The van der Waals surface area contributed by atoms with Crippen LogP contribution in [0.1, 0.15) is 13.3 Å². The lowest BCUT2D eigenvalue weighted by atomic mass is 10.3. The highest BCUT2D eigenvalue weighted by Crippen LogP contribution is 2.24. The molecule has 0 saturated heterocycles. The van der Waals surface area contributed by atoms with Gasteiger partial charge >= 0.3 is 0 Å². The number of para-hydroxylation sites is 1. The molecule has 0 aromatic heterocycles. The summed E-state index contributed by atoms with van der Waals surface area (Å²) in [4.78, 5) is 11.7. The Kier molecular flexibility index (Phi) is 6.54. The average Bonchev–Trinajstić information content (AvgIpc) is 2.37. The first-order valence-corrected chi connectivity index (χ1v) is 6.20. The Hall–Kier alpha value is -1.26. The number of amides is 1. The fourth-order valence-corrected chi connectivity index (χ4v) is 1.54. The molecule has 4 nitrogen and oxygen atoms in total. The number of halogens is 1. The van der Waals surface area contributed by atoms with Gasteiger partial charge in [-0.05, 0) is 25.5 Å². The fraction of sp³-hybridized carbons (Fsp3) is 0.462. The topological polar surface area (TPSA) is 47.6 Å². The molecule has 1 aromatic rings. The number of carbonyl (C=O) groups excluding carboxylic acids is 1. The van der Waals surface area contributed by atoms with Crippen LogP contribution in [-0.4, -0.2) is 32.3 Å². The normalized spacial score (nSPS) is 11.9. The molecule has 0 fully saturated rings. The predicted molar refractivity (Wildman–Crippen MR) is 71.0 cm³/mol. The molecule has 0 radical (unpaired) electrons. The van der Waals surface area contributed by atoms with Crippen molar-refractivity contribution >= 4 is 17.5 Å². The molecular weight excluding hydrogens is 254 g/mol. The van der Waals surface area contributed by atoms with Crippen molar-refractivity contribution in [2.45, 2.75) is 19.4 Å². The number of carbonyl (C=O) groups is 1. The van der Waals surface area contributed by atoms with E-state index in [2.05, 4.69) is 5.32 Å². The molecular formula is C13H18ClNO3. The van der Waals surface area contributed by atoms with Crippen molar-refractivity contribution in [3.05, 3.63) is 29.3 Å².